The fourth-order valence-corrected chi connectivity index (χ4v) is 1.90. The number of nitrogens with zero attached hydrogens (tertiary/aromatic N) is 1. The zero-order valence-corrected chi connectivity index (χ0v) is 14.0. The van der Waals surface area contributed by atoms with Gasteiger partial charge in [-0.15, -0.1) is 0 Å². The summed E-state index contributed by atoms with van der Waals surface area (Å²) in [6.07, 6.45) is 0. The number of para-hydroxylation sites is 1. The average molecular weight is 372 g/mol. The van der Waals surface area contributed by atoms with Crippen LogP contribution in [0.1, 0.15) is 10.4 Å². The van der Waals surface area contributed by atoms with Crippen LogP contribution in [0.2, 0.25) is 0 Å². The van der Waals surface area contributed by atoms with Gasteiger partial charge in [-0.1, -0.05) is 24.3 Å². The number of carbonyl (C=O) groups is 3. The van der Waals surface area contributed by atoms with Crippen molar-refractivity contribution in [2.75, 3.05) is 13.2 Å². The lowest BCUT2D eigenvalue weighted by Crippen LogP contribution is -2.46. The zero-order chi connectivity index (χ0) is 19.6. The van der Waals surface area contributed by atoms with Crippen molar-refractivity contribution >= 4 is 23.4 Å². The van der Waals surface area contributed by atoms with Gasteiger partial charge < -0.3 is 10.1 Å². The number of hydrogen-bond donors (Lipinski definition) is 3. The van der Waals surface area contributed by atoms with Gasteiger partial charge in [0.25, 0.3) is 23.4 Å². The summed E-state index contributed by atoms with van der Waals surface area (Å²) >= 11 is 0. The van der Waals surface area contributed by atoms with Crippen molar-refractivity contribution < 1.29 is 24.0 Å². The van der Waals surface area contributed by atoms with Gasteiger partial charge in [-0.25, -0.2) is 0 Å². The Kier molecular flexibility index (Phi) is 6.83. The summed E-state index contributed by atoms with van der Waals surface area (Å²) in [6, 6.07) is 13.7. The van der Waals surface area contributed by atoms with E-state index in [0.29, 0.717) is 5.75 Å². The highest BCUT2D eigenvalue weighted by Crippen LogP contribution is 2.12. The lowest BCUT2D eigenvalue weighted by Gasteiger charge is -2.09. The molecule has 3 N–H and O–H groups in total. The fourth-order valence-electron chi connectivity index (χ4n) is 1.90. The van der Waals surface area contributed by atoms with Crippen LogP contribution in [0.4, 0.5) is 5.69 Å². The van der Waals surface area contributed by atoms with Crippen molar-refractivity contribution in [1.29, 1.82) is 0 Å². The van der Waals surface area contributed by atoms with E-state index in [1.54, 1.807) is 30.3 Å². The predicted molar refractivity (Wildman–Crippen MR) is 93.7 cm³/mol. The highest BCUT2D eigenvalue weighted by atomic mass is 16.6. The SMILES string of the molecule is O=C(COc1ccccc1)NCC(=O)NNC(=O)c1cccc([N+](=O)[O-])c1. The van der Waals surface area contributed by atoms with Crippen LogP contribution in [0, 0.1) is 10.1 Å². The molecule has 0 aromatic heterocycles. The number of hydrazine groups is 1. The molecule has 0 fully saturated rings. The molecular weight excluding hydrogens is 356 g/mol. The lowest BCUT2D eigenvalue weighted by molar-refractivity contribution is -0.384. The van der Waals surface area contributed by atoms with Crippen LogP contribution in [0.25, 0.3) is 0 Å². The molecule has 140 valence electrons. The van der Waals surface area contributed by atoms with Crippen molar-refractivity contribution in [1.82, 2.24) is 16.2 Å². The van der Waals surface area contributed by atoms with E-state index in [1.165, 1.54) is 18.2 Å². The molecule has 10 nitrogen and oxygen atoms in total. The molecule has 2 aromatic rings. The zero-order valence-electron chi connectivity index (χ0n) is 14.0. The number of ether oxygens (including phenoxy) is 1. The van der Waals surface area contributed by atoms with Crippen molar-refractivity contribution in [3.63, 3.8) is 0 Å². The van der Waals surface area contributed by atoms with Gasteiger partial charge in [0.2, 0.25) is 0 Å². The molecule has 0 unspecified atom stereocenters. The molecule has 10 heteroatoms. The van der Waals surface area contributed by atoms with Gasteiger partial charge in [-0.2, -0.15) is 0 Å². The minimum absolute atomic E-state index is 0.00444. The Morgan fingerprint density at radius 1 is 0.963 bits per heavy atom. The number of nitrogens with one attached hydrogen (secondary N) is 3. The van der Waals surface area contributed by atoms with E-state index in [9.17, 15) is 24.5 Å². The van der Waals surface area contributed by atoms with Crippen LogP contribution >= 0.6 is 0 Å². The lowest BCUT2D eigenvalue weighted by atomic mass is 10.2. The van der Waals surface area contributed by atoms with Crippen molar-refractivity contribution in [3.8, 4) is 5.75 Å². The fraction of sp³-hybridized carbons (Fsp3) is 0.118. The summed E-state index contributed by atoms with van der Waals surface area (Å²) in [7, 11) is 0. The maximum absolute atomic E-state index is 11.9. The maximum atomic E-state index is 11.9. The summed E-state index contributed by atoms with van der Waals surface area (Å²) in [5, 5.41) is 13.0. The third-order valence-corrected chi connectivity index (χ3v) is 3.19. The van der Waals surface area contributed by atoms with Gasteiger partial charge in [0.1, 0.15) is 5.75 Å². The number of amides is 3. The van der Waals surface area contributed by atoms with Crippen LogP contribution in [0.5, 0.6) is 5.75 Å². The van der Waals surface area contributed by atoms with E-state index in [2.05, 4.69) is 16.2 Å². The Bertz CT molecular complexity index is 840. The smallest absolute Gasteiger partial charge is 0.270 e. The summed E-state index contributed by atoms with van der Waals surface area (Å²) in [5.41, 5.74) is 3.95. The Morgan fingerprint density at radius 2 is 1.70 bits per heavy atom. The second-order valence-electron chi connectivity index (χ2n) is 5.19. The number of rotatable bonds is 7. The average Bonchev–Trinajstić information content (AvgIpc) is 2.69. The van der Waals surface area contributed by atoms with Gasteiger partial charge in [-0.05, 0) is 18.2 Å². The second-order valence-corrected chi connectivity index (χ2v) is 5.19. The molecule has 2 aromatic carbocycles. The first-order valence-electron chi connectivity index (χ1n) is 7.74. The first kappa shape index (κ1) is 19.4. The largest absolute Gasteiger partial charge is 0.484 e. The van der Waals surface area contributed by atoms with Gasteiger partial charge in [0.05, 0.1) is 11.5 Å². The second kappa shape index (κ2) is 9.51. The number of benzene rings is 2. The first-order valence-corrected chi connectivity index (χ1v) is 7.74. The number of nitro groups is 1. The Labute approximate surface area is 153 Å². The van der Waals surface area contributed by atoms with E-state index in [1.807, 2.05) is 0 Å². The van der Waals surface area contributed by atoms with Crippen LogP contribution in [-0.2, 0) is 9.59 Å². The van der Waals surface area contributed by atoms with Crippen LogP contribution in [0.3, 0.4) is 0 Å². The van der Waals surface area contributed by atoms with Crippen molar-refractivity contribution in [3.05, 3.63) is 70.3 Å². The highest BCUT2D eigenvalue weighted by molar-refractivity contribution is 5.96. The summed E-state index contributed by atoms with van der Waals surface area (Å²) < 4.78 is 5.22. The van der Waals surface area contributed by atoms with Crippen molar-refractivity contribution in [2.45, 2.75) is 0 Å². The third-order valence-electron chi connectivity index (χ3n) is 3.19. The van der Waals surface area contributed by atoms with E-state index in [0.717, 1.165) is 6.07 Å². The maximum Gasteiger partial charge on any atom is 0.270 e. The molecular formula is C17H16N4O6. The molecule has 0 saturated carbocycles. The minimum Gasteiger partial charge on any atom is -0.484 e. The van der Waals surface area contributed by atoms with E-state index in [-0.39, 0.29) is 24.4 Å². The van der Waals surface area contributed by atoms with E-state index >= 15 is 0 Å². The van der Waals surface area contributed by atoms with Crippen LogP contribution in [0.15, 0.2) is 54.6 Å². The molecule has 0 spiro atoms. The van der Waals surface area contributed by atoms with Gasteiger partial charge in [0, 0.05) is 17.7 Å². The predicted octanol–water partition coefficient (Wildman–Crippen LogP) is 0.551. The van der Waals surface area contributed by atoms with Crippen molar-refractivity contribution in [2.24, 2.45) is 0 Å². The molecule has 2 rings (SSSR count). The Morgan fingerprint density at radius 3 is 2.41 bits per heavy atom. The molecule has 0 radical (unpaired) electrons. The summed E-state index contributed by atoms with van der Waals surface area (Å²) in [4.78, 5) is 45.2. The van der Waals surface area contributed by atoms with Crippen LogP contribution in [-0.4, -0.2) is 35.8 Å². The summed E-state index contributed by atoms with van der Waals surface area (Å²) in [5.74, 6) is -1.41. The van der Waals surface area contributed by atoms with Gasteiger partial charge in [-0.3, -0.25) is 35.3 Å². The molecule has 0 aliphatic carbocycles. The topological polar surface area (TPSA) is 140 Å². The number of hydrogen-bond acceptors (Lipinski definition) is 6. The number of carbonyl (C=O) groups excluding carboxylic acids is 3. The van der Waals surface area contributed by atoms with Crippen LogP contribution < -0.4 is 20.9 Å². The van der Waals surface area contributed by atoms with E-state index in [4.69, 9.17) is 4.74 Å². The van der Waals surface area contributed by atoms with Gasteiger partial charge in [0.15, 0.2) is 6.61 Å². The third kappa shape index (κ3) is 6.46. The Balaban J connectivity index is 1.71. The standard InChI is InChI=1S/C17H16N4O6/c22-15(10-18-16(23)11-27-14-7-2-1-3-8-14)19-20-17(24)12-5-4-6-13(9-12)21(25)26/h1-9H,10-11H2,(H,18,23)(H,19,22)(H,20,24). The molecule has 27 heavy (non-hydrogen) atoms. The number of nitro benzene ring substituents is 1. The first-order chi connectivity index (χ1) is 13.0. The molecule has 3 amide bonds. The van der Waals surface area contributed by atoms with Gasteiger partial charge >= 0.3 is 0 Å². The molecule has 0 heterocycles. The molecule has 0 aliphatic rings. The molecule has 0 aliphatic heterocycles. The molecule has 0 atom stereocenters. The molecule has 0 saturated heterocycles. The normalized spacial score (nSPS) is 9.78. The number of non-ortho nitro benzene ring substituents is 1. The summed E-state index contributed by atoms with van der Waals surface area (Å²) in [6.45, 7) is -0.649. The minimum atomic E-state index is -0.731. The molecule has 0 bridgehead atoms. The highest BCUT2D eigenvalue weighted by Gasteiger charge is 2.12. The quantitative estimate of drug-likeness (QED) is 0.479. The monoisotopic (exact) mass is 372 g/mol. The Hall–Kier alpha value is -3.95. The van der Waals surface area contributed by atoms with E-state index < -0.39 is 22.6 Å².